The number of carbonyl (C=O) groups is 1. The van der Waals surface area contributed by atoms with Gasteiger partial charge in [-0.2, -0.15) is 0 Å². The summed E-state index contributed by atoms with van der Waals surface area (Å²) in [5.41, 5.74) is 2.06. The number of ketones is 1. The summed E-state index contributed by atoms with van der Waals surface area (Å²) in [6.45, 7) is 3.66. The summed E-state index contributed by atoms with van der Waals surface area (Å²) in [6, 6.07) is 7.42. The van der Waals surface area contributed by atoms with Gasteiger partial charge >= 0.3 is 0 Å². The largest absolute Gasteiger partial charge is 0.449 e. The molecule has 0 saturated carbocycles. The minimum Gasteiger partial charge on any atom is -0.449 e. The molecule has 0 aliphatic carbocycles. The Morgan fingerprint density at radius 1 is 1.33 bits per heavy atom. The van der Waals surface area contributed by atoms with Crippen molar-refractivity contribution in [2.24, 2.45) is 0 Å². The molecular formula is C12H11NO2. The van der Waals surface area contributed by atoms with Gasteiger partial charge in [0.15, 0.2) is 5.89 Å². The first-order valence-electron chi connectivity index (χ1n) is 4.70. The normalized spacial score (nSPS) is 10.3. The summed E-state index contributed by atoms with van der Waals surface area (Å²) in [5, 5.41) is 0. The zero-order chi connectivity index (χ0) is 10.8. The molecule has 0 saturated heterocycles. The van der Waals surface area contributed by atoms with Crippen LogP contribution in [0.4, 0.5) is 0 Å². The number of oxazole rings is 1. The standard InChI is InChI=1S/C12H11NO2/c1-8-4-3-5-10(6-8)12(14)11-7-15-9(2)13-11/h3-7H,1-2H3. The topological polar surface area (TPSA) is 43.1 Å². The molecule has 0 unspecified atom stereocenters. The second kappa shape index (κ2) is 3.69. The van der Waals surface area contributed by atoms with Crippen LogP contribution in [0.15, 0.2) is 34.9 Å². The van der Waals surface area contributed by atoms with Gasteiger partial charge in [0.05, 0.1) is 0 Å². The molecule has 1 heterocycles. The van der Waals surface area contributed by atoms with Crippen molar-refractivity contribution in [1.82, 2.24) is 4.98 Å². The van der Waals surface area contributed by atoms with Crippen molar-refractivity contribution in [1.29, 1.82) is 0 Å². The number of hydrogen-bond acceptors (Lipinski definition) is 3. The first-order valence-corrected chi connectivity index (χ1v) is 4.70. The maximum absolute atomic E-state index is 11.9. The number of aromatic nitrogens is 1. The van der Waals surface area contributed by atoms with E-state index in [9.17, 15) is 4.79 Å². The number of benzene rings is 1. The lowest BCUT2D eigenvalue weighted by atomic mass is 10.1. The first kappa shape index (κ1) is 9.65. The minimum absolute atomic E-state index is 0.101. The van der Waals surface area contributed by atoms with Gasteiger partial charge in [-0.25, -0.2) is 4.98 Å². The van der Waals surface area contributed by atoms with Crippen molar-refractivity contribution >= 4 is 5.78 Å². The molecule has 0 amide bonds. The van der Waals surface area contributed by atoms with Crippen molar-refractivity contribution in [3.05, 3.63) is 53.2 Å². The highest BCUT2D eigenvalue weighted by Gasteiger charge is 2.12. The molecule has 0 aliphatic heterocycles. The lowest BCUT2D eigenvalue weighted by Gasteiger charge is -1.97. The summed E-state index contributed by atoms with van der Waals surface area (Å²) in [6.07, 6.45) is 1.39. The Balaban J connectivity index is 2.36. The maximum atomic E-state index is 11.9. The van der Waals surface area contributed by atoms with Crippen LogP contribution in [0, 0.1) is 13.8 Å². The Morgan fingerprint density at radius 2 is 2.13 bits per heavy atom. The van der Waals surface area contributed by atoms with Crippen LogP contribution in [-0.2, 0) is 0 Å². The predicted octanol–water partition coefficient (Wildman–Crippen LogP) is 2.52. The number of nitrogens with zero attached hydrogens (tertiary/aromatic N) is 1. The van der Waals surface area contributed by atoms with Gasteiger partial charge in [-0.05, 0) is 13.0 Å². The molecule has 2 aromatic rings. The third kappa shape index (κ3) is 1.96. The van der Waals surface area contributed by atoms with Crippen LogP contribution in [0.2, 0.25) is 0 Å². The Labute approximate surface area is 87.8 Å². The van der Waals surface area contributed by atoms with E-state index in [1.807, 2.05) is 25.1 Å². The van der Waals surface area contributed by atoms with Crippen LogP contribution in [0.3, 0.4) is 0 Å². The summed E-state index contributed by atoms with van der Waals surface area (Å²) in [7, 11) is 0. The van der Waals surface area contributed by atoms with E-state index in [-0.39, 0.29) is 5.78 Å². The van der Waals surface area contributed by atoms with Crippen LogP contribution < -0.4 is 0 Å². The van der Waals surface area contributed by atoms with Gasteiger partial charge in [0.25, 0.3) is 0 Å². The molecule has 1 aromatic carbocycles. The summed E-state index contributed by atoms with van der Waals surface area (Å²) in [5.74, 6) is 0.404. The van der Waals surface area contributed by atoms with E-state index in [2.05, 4.69) is 4.98 Å². The summed E-state index contributed by atoms with van der Waals surface area (Å²) in [4.78, 5) is 15.9. The quantitative estimate of drug-likeness (QED) is 0.701. The van der Waals surface area contributed by atoms with Gasteiger partial charge < -0.3 is 4.42 Å². The van der Waals surface area contributed by atoms with E-state index in [0.29, 0.717) is 17.1 Å². The molecule has 0 fully saturated rings. The molecule has 0 atom stereocenters. The van der Waals surface area contributed by atoms with Crippen LogP contribution in [-0.4, -0.2) is 10.8 Å². The van der Waals surface area contributed by atoms with Crippen molar-refractivity contribution in [3.63, 3.8) is 0 Å². The number of rotatable bonds is 2. The molecular weight excluding hydrogens is 190 g/mol. The van der Waals surface area contributed by atoms with Crippen LogP contribution in [0.25, 0.3) is 0 Å². The number of aryl methyl sites for hydroxylation is 2. The zero-order valence-electron chi connectivity index (χ0n) is 8.65. The van der Waals surface area contributed by atoms with E-state index in [4.69, 9.17) is 4.42 Å². The fraction of sp³-hybridized carbons (Fsp3) is 0.167. The van der Waals surface area contributed by atoms with Crippen LogP contribution in [0.5, 0.6) is 0 Å². The lowest BCUT2D eigenvalue weighted by Crippen LogP contribution is -2.01. The smallest absolute Gasteiger partial charge is 0.214 e. The Morgan fingerprint density at radius 3 is 2.73 bits per heavy atom. The second-order valence-electron chi connectivity index (χ2n) is 3.45. The zero-order valence-corrected chi connectivity index (χ0v) is 8.65. The molecule has 0 radical (unpaired) electrons. The molecule has 0 N–H and O–H groups in total. The van der Waals surface area contributed by atoms with E-state index in [1.54, 1.807) is 13.0 Å². The van der Waals surface area contributed by atoms with Gasteiger partial charge in [-0.3, -0.25) is 4.79 Å². The highest BCUT2D eigenvalue weighted by atomic mass is 16.3. The Kier molecular flexibility index (Phi) is 2.37. The van der Waals surface area contributed by atoms with Gasteiger partial charge in [-0.15, -0.1) is 0 Å². The Hall–Kier alpha value is -1.90. The van der Waals surface area contributed by atoms with E-state index >= 15 is 0 Å². The number of carbonyl (C=O) groups excluding carboxylic acids is 1. The fourth-order valence-corrected chi connectivity index (χ4v) is 1.40. The van der Waals surface area contributed by atoms with Crippen molar-refractivity contribution in [3.8, 4) is 0 Å². The van der Waals surface area contributed by atoms with E-state index in [0.717, 1.165) is 5.56 Å². The molecule has 0 bridgehead atoms. The average molecular weight is 201 g/mol. The van der Waals surface area contributed by atoms with Crippen LogP contribution in [0.1, 0.15) is 27.5 Å². The van der Waals surface area contributed by atoms with Gasteiger partial charge in [0.2, 0.25) is 5.78 Å². The highest BCUT2D eigenvalue weighted by Crippen LogP contribution is 2.11. The highest BCUT2D eigenvalue weighted by molar-refractivity contribution is 6.07. The molecule has 15 heavy (non-hydrogen) atoms. The van der Waals surface area contributed by atoms with Gasteiger partial charge in [-0.1, -0.05) is 23.8 Å². The van der Waals surface area contributed by atoms with Crippen molar-refractivity contribution < 1.29 is 9.21 Å². The lowest BCUT2D eigenvalue weighted by molar-refractivity contribution is 0.103. The molecule has 3 nitrogen and oxygen atoms in total. The van der Waals surface area contributed by atoms with Gasteiger partial charge in [0.1, 0.15) is 12.0 Å². The SMILES string of the molecule is Cc1cccc(C(=O)c2coc(C)n2)c1. The molecule has 2 rings (SSSR count). The predicted molar refractivity (Wildman–Crippen MR) is 55.9 cm³/mol. The van der Waals surface area contributed by atoms with Crippen LogP contribution >= 0.6 is 0 Å². The van der Waals surface area contributed by atoms with E-state index < -0.39 is 0 Å². The summed E-state index contributed by atoms with van der Waals surface area (Å²) < 4.78 is 5.01. The molecule has 1 aromatic heterocycles. The first-order chi connectivity index (χ1) is 7.16. The Bertz CT molecular complexity index is 500. The monoisotopic (exact) mass is 201 g/mol. The maximum Gasteiger partial charge on any atom is 0.214 e. The molecule has 3 heteroatoms. The average Bonchev–Trinajstić information content (AvgIpc) is 2.64. The fourth-order valence-electron chi connectivity index (χ4n) is 1.40. The number of hydrogen-bond donors (Lipinski definition) is 0. The van der Waals surface area contributed by atoms with E-state index in [1.165, 1.54) is 6.26 Å². The van der Waals surface area contributed by atoms with Gasteiger partial charge in [0, 0.05) is 12.5 Å². The molecule has 0 spiro atoms. The minimum atomic E-state index is -0.101. The van der Waals surface area contributed by atoms with Crippen molar-refractivity contribution in [2.75, 3.05) is 0 Å². The third-order valence-electron chi connectivity index (χ3n) is 2.13. The second-order valence-corrected chi connectivity index (χ2v) is 3.45. The molecule has 76 valence electrons. The summed E-state index contributed by atoms with van der Waals surface area (Å²) >= 11 is 0. The molecule has 0 aliphatic rings. The third-order valence-corrected chi connectivity index (χ3v) is 2.13. The van der Waals surface area contributed by atoms with Crippen molar-refractivity contribution in [2.45, 2.75) is 13.8 Å².